The van der Waals surface area contributed by atoms with Crippen LogP contribution in [-0.4, -0.2) is 35.6 Å². The molecule has 0 saturated carbocycles. The summed E-state index contributed by atoms with van der Waals surface area (Å²) in [5, 5.41) is 9.72. The molecule has 1 N–H and O–H groups in total. The number of likely N-dealkylation sites (N-methyl/N-ethyl adjacent to an activating group) is 1. The zero-order valence-electron chi connectivity index (χ0n) is 11.7. The highest BCUT2D eigenvalue weighted by atomic mass is 16.5. The molecule has 1 aromatic carbocycles. The number of carbonyl (C=O) groups excluding carboxylic acids is 1. The number of ether oxygens (including phenoxy) is 1. The average molecular weight is 263 g/mol. The van der Waals surface area contributed by atoms with Gasteiger partial charge in [-0.25, -0.2) is 0 Å². The molecule has 1 atom stereocenters. The van der Waals surface area contributed by atoms with Crippen LogP contribution < -0.4 is 4.74 Å². The molecule has 0 unspecified atom stereocenters. The summed E-state index contributed by atoms with van der Waals surface area (Å²) in [5.41, 5.74) is 2.10. The Morgan fingerprint density at radius 2 is 2.26 bits per heavy atom. The van der Waals surface area contributed by atoms with E-state index in [4.69, 9.17) is 4.74 Å². The molecule has 104 valence electrons. The van der Waals surface area contributed by atoms with Crippen molar-refractivity contribution in [3.63, 3.8) is 0 Å². The van der Waals surface area contributed by atoms with Gasteiger partial charge < -0.3 is 14.7 Å². The van der Waals surface area contributed by atoms with Gasteiger partial charge in [-0.2, -0.15) is 0 Å². The molecule has 0 radical (unpaired) electrons. The van der Waals surface area contributed by atoms with Crippen LogP contribution in [0.15, 0.2) is 18.2 Å². The Kier molecular flexibility index (Phi) is 4.10. The first kappa shape index (κ1) is 13.9. The number of aryl methyl sites for hydroxylation is 1. The predicted molar refractivity (Wildman–Crippen MR) is 73.1 cm³/mol. The molecule has 0 aromatic heterocycles. The van der Waals surface area contributed by atoms with Crippen molar-refractivity contribution in [3.05, 3.63) is 29.3 Å². The number of aliphatic hydroxyl groups is 1. The van der Waals surface area contributed by atoms with Crippen molar-refractivity contribution < 1.29 is 14.6 Å². The lowest BCUT2D eigenvalue weighted by Gasteiger charge is -2.21. The highest BCUT2D eigenvalue weighted by molar-refractivity contribution is 5.77. The molecule has 19 heavy (non-hydrogen) atoms. The average Bonchev–Trinajstić information content (AvgIpc) is 2.76. The minimum atomic E-state index is -0.349. The second-order valence-corrected chi connectivity index (χ2v) is 5.30. The number of fused-ring (bicyclic) bond motifs is 1. The van der Waals surface area contributed by atoms with Gasteiger partial charge in [0.1, 0.15) is 5.75 Å². The first-order valence-corrected chi connectivity index (χ1v) is 6.68. The molecule has 2 rings (SSSR count). The van der Waals surface area contributed by atoms with Crippen molar-refractivity contribution in [3.8, 4) is 5.75 Å². The molecule has 1 amide bonds. The number of hydrogen-bond donors (Lipinski definition) is 1. The van der Waals surface area contributed by atoms with Crippen LogP contribution in [0.5, 0.6) is 5.75 Å². The van der Waals surface area contributed by atoms with E-state index in [1.54, 1.807) is 11.9 Å². The monoisotopic (exact) mass is 263 g/mol. The van der Waals surface area contributed by atoms with Gasteiger partial charge in [0.25, 0.3) is 5.91 Å². The number of rotatable bonds is 4. The maximum Gasteiger partial charge on any atom is 0.260 e. The summed E-state index contributed by atoms with van der Waals surface area (Å²) < 4.78 is 5.53. The highest BCUT2D eigenvalue weighted by Gasteiger charge is 2.20. The molecule has 1 aliphatic carbocycles. The van der Waals surface area contributed by atoms with Crippen molar-refractivity contribution in [2.75, 3.05) is 13.7 Å². The fourth-order valence-electron chi connectivity index (χ4n) is 2.20. The standard InChI is InChI=1S/C15H21NO3/c1-10(2)16(3)15(18)9-19-12-5-6-13-11(8-12)4-7-14(13)17/h5-6,8,10,14,17H,4,7,9H2,1-3H3/t14-/m0/s1. The fraction of sp³-hybridized carbons (Fsp3) is 0.533. The maximum atomic E-state index is 11.8. The summed E-state index contributed by atoms with van der Waals surface area (Å²) in [5.74, 6) is 0.661. The van der Waals surface area contributed by atoms with Crippen LogP contribution in [0.3, 0.4) is 0 Å². The Morgan fingerprint density at radius 3 is 2.95 bits per heavy atom. The topological polar surface area (TPSA) is 49.8 Å². The minimum absolute atomic E-state index is 0.0319. The Labute approximate surface area is 114 Å². The number of hydrogen-bond acceptors (Lipinski definition) is 3. The van der Waals surface area contributed by atoms with Crippen LogP contribution in [-0.2, 0) is 11.2 Å². The lowest BCUT2D eigenvalue weighted by molar-refractivity contribution is -0.133. The minimum Gasteiger partial charge on any atom is -0.484 e. The fourth-order valence-corrected chi connectivity index (χ4v) is 2.20. The number of carbonyl (C=O) groups is 1. The molecule has 0 saturated heterocycles. The maximum absolute atomic E-state index is 11.8. The molecular formula is C15H21NO3. The van der Waals surface area contributed by atoms with E-state index in [1.807, 2.05) is 32.0 Å². The molecule has 4 nitrogen and oxygen atoms in total. The summed E-state index contributed by atoms with van der Waals surface area (Å²) in [6.45, 7) is 3.99. The van der Waals surface area contributed by atoms with Gasteiger partial charge in [0.05, 0.1) is 6.10 Å². The third-order valence-corrected chi connectivity index (χ3v) is 3.69. The summed E-state index contributed by atoms with van der Waals surface area (Å²) >= 11 is 0. The van der Waals surface area contributed by atoms with Crippen LogP contribution >= 0.6 is 0 Å². The molecule has 0 bridgehead atoms. The van der Waals surface area contributed by atoms with Crippen LogP contribution in [0.1, 0.15) is 37.5 Å². The zero-order valence-corrected chi connectivity index (χ0v) is 11.7. The van der Waals surface area contributed by atoms with Gasteiger partial charge in [-0.1, -0.05) is 6.07 Å². The molecule has 4 heteroatoms. The summed E-state index contributed by atoms with van der Waals surface area (Å²) in [6, 6.07) is 5.80. The summed E-state index contributed by atoms with van der Waals surface area (Å²) in [7, 11) is 1.77. The smallest absolute Gasteiger partial charge is 0.260 e. The Bertz CT molecular complexity index is 470. The molecular weight excluding hydrogens is 242 g/mol. The molecule has 0 aliphatic heterocycles. The van der Waals surface area contributed by atoms with Crippen molar-refractivity contribution >= 4 is 5.91 Å². The van der Waals surface area contributed by atoms with E-state index in [2.05, 4.69) is 0 Å². The van der Waals surface area contributed by atoms with Gasteiger partial charge in [-0.3, -0.25) is 4.79 Å². The van der Waals surface area contributed by atoms with Gasteiger partial charge in [0.2, 0.25) is 0 Å². The van der Waals surface area contributed by atoms with Crippen LogP contribution in [0.2, 0.25) is 0 Å². The van der Waals surface area contributed by atoms with E-state index in [9.17, 15) is 9.90 Å². The lowest BCUT2D eigenvalue weighted by Crippen LogP contribution is -2.36. The Balaban J connectivity index is 1.96. The molecule has 0 fully saturated rings. The quantitative estimate of drug-likeness (QED) is 0.902. The number of amides is 1. The first-order valence-electron chi connectivity index (χ1n) is 6.68. The third-order valence-electron chi connectivity index (χ3n) is 3.69. The van der Waals surface area contributed by atoms with Gasteiger partial charge >= 0.3 is 0 Å². The molecule has 0 heterocycles. The highest BCUT2D eigenvalue weighted by Crippen LogP contribution is 2.33. The summed E-state index contributed by atoms with van der Waals surface area (Å²) in [4.78, 5) is 13.5. The van der Waals surface area contributed by atoms with E-state index in [0.29, 0.717) is 5.75 Å². The predicted octanol–water partition coefficient (Wildman–Crippen LogP) is 1.91. The van der Waals surface area contributed by atoms with Gasteiger partial charge in [-0.15, -0.1) is 0 Å². The van der Waals surface area contributed by atoms with E-state index < -0.39 is 0 Å². The van der Waals surface area contributed by atoms with E-state index >= 15 is 0 Å². The molecule has 1 aliphatic rings. The van der Waals surface area contributed by atoms with E-state index in [-0.39, 0.29) is 24.7 Å². The first-order chi connectivity index (χ1) is 8.99. The number of benzene rings is 1. The molecule has 0 spiro atoms. The van der Waals surface area contributed by atoms with Crippen LogP contribution in [0.25, 0.3) is 0 Å². The summed E-state index contributed by atoms with van der Waals surface area (Å²) in [6.07, 6.45) is 1.29. The van der Waals surface area contributed by atoms with Crippen molar-refractivity contribution in [1.82, 2.24) is 4.90 Å². The number of aliphatic hydroxyl groups excluding tert-OH is 1. The van der Waals surface area contributed by atoms with Crippen LogP contribution in [0.4, 0.5) is 0 Å². The van der Waals surface area contributed by atoms with Gasteiger partial charge in [0, 0.05) is 13.1 Å². The second-order valence-electron chi connectivity index (χ2n) is 5.30. The van der Waals surface area contributed by atoms with Gasteiger partial charge in [-0.05, 0) is 49.9 Å². The third kappa shape index (κ3) is 3.07. The Hall–Kier alpha value is -1.55. The SMILES string of the molecule is CC(C)N(C)C(=O)COc1ccc2c(c1)CC[C@@H]2O. The van der Waals surface area contributed by atoms with Crippen molar-refractivity contribution in [2.24, 2.45) is 0 Å². The van der Waals surface area contributed by atoms with Gasteiger partial charge in [0.15, 0.2) is 6.61 Å². The van der Waals surface area contributed by atoms with E-state index in [0.717, 1.165) is 24.0 Å². The van der Waals surface area contributed by atoms with Crippen LogP contribution in [0, 0.1) is 0 Å². The zero-order chi connectivity index (χ0) is 14.0. The number of nitrogens with zero attached hydrogens (tertiary/aromatic N) is 1. The normalized spacial score (nSPS) is 17.4. The van der Waals surface area contributed by atoms with Crippen molar-refractivity contribution in [2.45, 2.75) is 38.8 Å². The lowest BCUT2D eigenvalue weighted by atomic mass is 10.1. The van der Waals surface area contributed by atoms with Crippen molar-refractivity contribution in [1.29, 1.82) is 0 Å². The van der Waals surface area contributed by atoms with E-state index in [1.165, 1.54) is 0 Å². The second kappa shape index (κ2) is 5.61. The molecule has 1 aromatic rings. The Morgan fingerprint density at radius 1 is 1.53 bits per heavy atom. The largest absolute Gasteiger partial charge is 0.484 e.